The number of benzene rings is 1. The van der Waals surface area contributed by atoms with Gasteiger partial charge < -0.3 is 4.74 Å². The number of hydrogen-bond donors (Lipinski definition) is 0. The Morgan fingerprint density at radius 2 is 2.00 bits per heavy atom. The topological polar surface area (TPSA) is 46.6 Å². The zero-order valence-electron chi connectivity index (χ0n) is 13.5. The minimum atomic E-state index is -0.608. The molecule has 1 aliphatic rings. The Hall–Kier alpha value is -1.91. The number of Topliss-reactive ketones (excluding diaryl/α,β-unsaturated/α-hetero) is 1. The van der Waals surface area contributed by atoms with E-state index in [-0.39, 0.29) is 5.78 Å². The van der Waals surface area contributed by atoms with Crippen LogP contribution in [0.1, 0.15) is 49.5 Å². The summed E-state index contributed by atoms with van der Waals surface area (Å²) in [4.78, 5) is 26.2. The molecule has 120 valence electrons. The lowest BCUT2D eigenvalue weighted by atomic mass is 10.0. The molecule has 1 aliphatic heterocycles. The fourth-order valence-electron chi connectivity index (χ4n) is 2.52. The van der Waals surface area contributed by atoms with Gasteiger partial charge in [-0.25, -0.2) is 9.18 Å². The number of ether oxygens (including phenoxy) is 1. The van der Waals surface area contributed by atoms with Crippen molar-refractivity contribution in [2.75, 3.05) is 6.54 Å². The summed E-state index contributed by atoms with van der Waals surface area (Å²) in [5.74, 6) is -0.644. The van der Waals surface area contributed by atoms with Gasteiger partial charge in [-0.15, -0.1) is 0 Å². The highest BCUT2D eigenvalue weighted by Crippen LogP contribution is 2.24. The quantitative estimate of drug-likeness (QED) is 0.782. The molecule has 2 rings (SSSR count). The second-order valence-electron chi connectivity index (χ2n) is 6.66. The molecule has 1 saturated heterocycles. The second kappa shape index (κ2) is 6.07. The van der Waals surface area contributed by atoms with E-state index in [1.165, 1.54) is 11.0 Å². The number of amides is 1. The van der Waals surface area contributed by atoms with Gasteiger partial charge in [0.25, 0.3) is 0 Å². The van der Waals surface area contributed by atoms with Crippen molar-refractivity contribution in [1.82, 2.24) is 4.90 Å². The zero-order chi connectivity index (χ0) is 16.5. The summed E-state index contributed by atoms with van der Waals surface area (Å²) < 4.78 is 19.0. The van der Waals surface area contributed by atoms with Gasteiger partial charge >= 0.3 is 6.09 Å². The van der Waals surface area contributed by atoms with Crippen LogP contribution in [0.25, 0.3) is 0 Å². The highest BCUT2D eigenvalue weighted by molar-refractivity contribution is 6.01. The molecule has 1 aromatic rings. The molecule has 22 heavy (non-hydrogen) atoms. The van der Waals surface area contributed by atoms with Crippen LogP contribution in [-0.2, 0) is 4.74 Å². The van der Waals surface area contributed by atoms with Crippen LogP contribution in [0.2, 0.25) is 0 Å². The van der Waals surface area contributed by atoms with Gasteiger partial charge in [0.05, 0.1) is 6.04 Å². The Morgan fingerprint density at radius 1 is 1.32 bits per heavy atom. The van der Waals surface area contributed by atoms with Crippen LogP contribution in [0.3, 0.4) is 0 Å². The zero-order valence-corrected chi connectivity index (χ0v) is 13.5. The molecule has 0 bridgehead atoms. The SMILES string of the molecule is Cc1ccc(C(=O)C2CCCN2C(=O)OC(C)(C)C)cc1F. The molecule has 1 amide bonds. The maximum atomic E-state index is 13.6. The van der Waals surface area contributed by atoms with Crippen molar-refractivity contribution >= 4 is 11.9 Å². The predicted molar refractivity (Wildman–Crippen MR) is 81.4 cm³/mol. The Labute approximate surface area is 130 Å². The van der Waals surface area contributed by atoms with Gasteiger partial charge in [-0.05, 0) is 52.2 Å². The number of nitrogens with zero attached hydrogens (tertiary/aromatic N) is 1. The number of carbonyl (C=O) groups excluding carboxylic acids is 2. The fraction of sp³-hybridized carbons (Fsp3) is 0.529. The maximum absolute atomic E-state index is 13.6. The van der Waals surface area contributed by atoms with E-state index < -0.39 is 23.6 Å². The normalized spacial score (nSPS) is 18.4. The average molecular weight is 307 g/mol. The molecular weight excluding hydrogens is 285 g/mol. The Kier molecular flexibility index (Phi) is 4.54. The lowest BCUT2D eigenvalue weighted by Gasteiger charge is -2.28. The van der Waals surface area contributed by atoms with Crippen molar-refractivity contribution in [2.24, 2.45) is 0 Å². The fourth-order valence-corrected chi connectivity index (χ4v) is 2.52. The van der Waals surface area contributed by atoms with Gasteiger partial charge in [0.1, 0.15) is 11.4 Å². The first-order valence-electron chi connectivity index (χ1n) is 7.49. The highest BCUT2D eigenvalue weighted by atomic mass is 19.1. The average Bonchev–Trinajstić information content (AvgIpc) is 2.88. The van der Waals surface area contributed by atoms with Crippen molar-refractivity contribution in [2.45, 2.75) is 52.2 Å². The van der Waals surface area contributed by atoms with E-state index in [1.807, 2.05) is 0 Å². The summed E-state index contributed by atoms with van der Waals surface area (Å²) in [7, 11) is 0. The molecule has 0 N–H and O–H groups in total. The molecule has 0 aliphatic carbocycles. The Balaban J connectivity index is 2.17. The van der Waals surface area contributed by atoms with Gasteiger partial charge in [-0.3, -0.25) is 9.69 Å². The second-order valence-corrected chi connectivity index (χ2v) is 6.66. The van der Waals surface area contributed by atoms with Crippen LogP contribution in [0.5, 0.6) is 0 Å². The molecule has 1 atom stereocenters. The van der Waals surface area contributed by atoms with Gasteiger partial charge in [0, 0.05) is 12.1 Å². The van der Waals surface area contributed by atoms with Crippen molar-refractivity contribution in [3.05, 3.63) is 35.1 Å². The summed E-state index contributed by atoms with van der Waals surface area (Å²) >= 11 is 0. The van der Waals surface area contributed by atoms with Crippen LogP contribution in [0.15, 0.2) is 18.2 Å². The lowest BCUT2D eigenvalue weighted by molar-refractivity contribution is 0.0222. The number of carbonyl (C=O) groups is 2. The summed E-state index contributed by atoms with van der Waals surface area (Å²) in [5, 5.41) is 0. The molecule has 1 aromatic carbocycles. The molecule has 0 radical (unpaired) electrons. The van der Waals surface area contributed by atoms with Crippen molar-refractivity contribution in [1.29, 1.82) is 0 Å². The van der Waals surface area contributed by atoms with Gasteiger partial charge in [-0.2, -0.15) is 0 Å². The third-order valence-electron chi connectivity index (χ3n) is 3.64. The number of halogens is 1. The summed E-state index contributed by atoms with van der Waals surface area (Å²) in [6.07, 6.45) is 0.827. The van der Waals surface area contributed by atoms with Gasteiger partial charge in [-0.1, -0.05) is 12.1 Å². The molecule has 1 unspecified atom stereocenters. The first-order chi connectivity index (χ1) is 10.2. The van der Waals surface area contributed by atoms with E-state index >= 15 is 0 Å². The maximum Gasteiger partial charge on any atom is 0.410 e. The van der Waals surface area contributed by atoms with Crippen LogP contribution >= 0.6 is 0 Å². The van der Waals surface area contributed by atoms with Gasteiger partial charge in [0.15, 0.2) is 5.78 Å². The molecule has 5 heteroatoms. The third kappa shape index (κ3) is 3.64. The number of ketones is 1. The van der Waals surface area contributed by atoms with Crippen LogP contribution in [-0.4, -0.2) is 35.0 Å². The van der Waals surface area contributed by atoms with E-state index in [0.717, 1.165) is 6.42 Å². The number of hydrogen-bond acceptors (Lipinski definition) is 3. The highest BCUT2D eigenvalue weighted by Gasteiger charge is 2.36. The minimum Gasteiger partial charge on any atom is -0.444 e. The monoisotopic (exact) mass is 307 g/mol. The van der Waals surface area contributed by atoms with E-state index in [2.05, 4.69) is 0 Å². The van der Waals surface area contributed by atoms with Gasteiger partial charge in [0.2, 0.25) is 0 Å². The summed E-state index contributed by atoms with van der Waals surface area (Å²) in [5.41, 5.74) is 0.180. The minimum absolute atomic E-state index is 0.234. The van der Waals surface area contributed by atoms with Crippen molar-refractivity contribution < 1.29 is 18.7 Å². The molecule has 0 spiro atoms. The Morgan fingerprint density at radius 3 is 2.59 bits per heavy atom. The molecule has 0 saturated carbocycles. The first kappa shape index (κ1) is 16.5. The number of likely N-dealkylation sites (tertiary alicyclic amines) is 1. The van der Waals surface area contributed by atoms with E-state index in [9.17, 15) is 14.0 Å². The summed E-state index contributed by atoms with van der Waals surface area (Å²) in [6, 6.07) is 3.85. The van der Waals surface area contributed by atoms with E-state index in [0.29, 0.717) is 24.1 Å². The molecule has 0 aromatic heterocycles. The Bertz CT molecular complexity index is 592. The molecule has 4 nitrogen and oxygen atoms in total. The number of aryl methyl sites for hydroxylation is 1. The van der Waals surface area contributed by atoms with Crippen molar-refractivity contribution in [3.8, 4) is 0 Å². The molecular formula is C17H22FNO3. The van der Waals surface area contributed by atoms with Crippen molar-refractivity contribution in [3.63, 3.8) is 0 Å². The van der Waals surface area contributed by atoms with Crippen LogP contribution in [0.4, 0.5) is 9.18 Å². The van der Waals surface area contributed by atoms with E-state index in [4.69, 9.17) is 4.74 Å². The van der Waals surface area contributed by atoms with Crippen LogP contribution < -0.4 is 0 Å². The van der Waals surface area contributed by atoms with Crippen LogP contribution in [0, 0.1) is 12.7 Å². The molecule has 1 heterocycles. The summed E-state index contributed by atoms with van der Waals surface area (Å²) in [6.45, 7) is 7.49. The largest absolute Gasteiger partial charge is 0.444 e. The first-order valence-corrected chi connectivity index (χ1v) is 7.49. The molecule has 1 fully saturated rings. The van der Waals surface area contributed by atoms with E-state index in [1.54, 1.807) is 39.8 Å². The standard InChI is InChI=1S/C17H22FNO3/c1-11-7-8-12(10-13(11)18)15(20)14-6-5-9-19(14)16(21)22-17(2,3)4/h7-8,10,14H,5-6,9H2,1-4H3. The third-order valence-corrected chi connectivity index (χ3v) is 3.64. The predicted octanol–water partition coefficient (Wildman–Crippen LogP) is 3.72. The smallest absolute Gasteiger partial charge is 0.410 e. The lowest BCUT2D eigenvalue weighted by Crippen LogP contribution is -2.43. The number of rotatable bonds is 2.